The summed E-state index contributed by atoms with van der Waals surface area (Å²) >= 11 is 0. The molecule has 1 fully saturated rings. The molecular formula is C29H31F3N4O7. The molecule has 4 N–H and O–H groups in total. The van der Waals surface area contributed by atoms with Gasteiger partial charge in [0, 0.05) is 42.2 Å². The van der Waals surface area contributed by atoms with Gasteiger partial charge in [-0.15, -0.1) is 0 Å². The van der Waals surface area contributed by atoms with Crippen LogP contribution in [-0.2, 0) is 21.0 Å². The molecule has 230 valence electrons. The summed E-state index contributed by atoms with van der Waals surface area (Å²) in [6.07, 6.45) is -4.08. The Bertz CT molecular complexity index is 1480. The highest BCUT2D eigenvalue weighted by Crippen LogP contribution is 2.26. The normalized spacial score (nSPS) is 16.5. The second-order valence-corrected chi connectivity index (χ2v) is 10.0. The number of aryl methyl sites for hydroxylation is 1. The molecule has 0 saturated carbocycles. The number of aromatic nitrogens is 1. The zero-order valence-corrected chi connectivity index (χ0v) is 23.4. The van der Waals surface area contributed by atoms with Crippen molar-refractivity contribution in [2.75, 3.05) is 13.1 Å². The Morgan fingerprint density at radius 1 is 1.09 bits per heavy atom. The number of nitrogens with zero attached hydrogens (tertiary/aromatic N) is 2. The molecule has 3 aromatic rings. The molecule has 1 aliphatic heterocycles. The molecule has 0 aliphatic carbocycles. The van der Waals surface area contributed by atoms with Crippen molar-refractivity contribution in [3.05, 3.63) is 71.4 Å². The number of aliphatic carboxylic acids is 1. The number of piperidine rings is 1. The highest BCUT2D eigenvalue weighted by atomic mass is 19.4. The van der Waals surface area contributed by atoms with Crippen LogP contribution in [0.25, 0.3) is 10.9 Å². The molecule has 1 aliphatic rings. The molecule has 43 heavy (non-hydrogen) atoms. The molecule has 0 radical (unpaired) electrons. The topological polar surface area (TPSA) is 158 Å². The average Bonchev–Trinajstić information content (AvgIpc) is 2.95. The van der Waals surface area contributed by atoms with Crippen LogP contribution in [0.3, 0.4) is 0 Å². The van der Waals surface area contributed by atoms with Crippen LogP contribution >= 0.6 is 0 Å². The first-order valence-electron chi connectivity index (χ1n) is 13.1. The number of halogens is 3. The Morgan fingerprint density at radius 3 is 2.35 bits per heavy atom. The zero-order valence-electron chi connectivity index (χ0n) is 23.4. The molecule has 1 atom stereocenters. The summed E-state index contributed by atoms with van der Waals surface area (Å²) in [4.78, 5) is 52.1. The lowest BCUT2D eigenvalue weighted by atomic mass is 9.85. The first kappa shape index (κ1) is 32.8. The minimum absolute atomic E-state index is 0.128. The standard InChI is InChI=1S/C27H30N4O5.C2HF3O2/c1-18-14-21(23-6-3-4-7-24(23)28-18)16-36-22-10-8-20(9-11-22)26(34)29-27(15-25(33)30-35)12-5-13-31(17-27)19(2)32;3-2(4,5)1(6)7/h3-4,6-11,14,35H,5,12-13,15-17H2,1-2H3,(H,29,34)(H,30,33);(H,6,7). The third-order valence-corrected chi connectivity index (χ3v) is 6.71. The third-order valence-electron chi connectivity index (χ3n) is 6.71. The fraction of sp³-hybridized carbons (Fsp3) is 0.345. The highest BCUT2D eigenvalue weighted by Gasteiger charge is 2.40. The van der Waals surface area contributed by atoms with Gasteiger partial charge in [-0.25, -0.2) is 10.3 Å². The van der Waals surface area contributed by atoms with Crippen LogP contribution in [0.4, 0.5) is 13.2 Å². The van der Waals surface area contributed by atoms with Crippen LogP contribution in [-0.4, -0.2) is 68.7 Å². The van der Waals surface area contributed by atoms with Crippen molar-refractivity contribution in [1.29, 1.82) is 0 Å². The summed E-state index contributed by atoms with van der Waals surface area (Å²) in [6.45, 7) is 4.52. The number of ether oxygens (including phenoxy) is 1. The van der Waals surface area contributed by atoms with Crippen LogP contribution in [0.5, 0.6) is 5.75 Å². The average molecular weight is 605 g/mol. The van der Waals surface area contributed by atoms with Crippen LogP contribution in [0, 0.1) is 6.92 Å². The van der Waals surface area contributed by atoms with Crippen LogP contribution in [0.1, 0.15) is 47.8 Å². The molecule has 11 nitrogen and oxygen atoms in total. The fourth-order valence-electron chi connectivity index (χ4n) is 4.73. The number of carbonyl (C=O) groups excluding carboxylic acids is 3. The summed E-state index contributed by atoms with van der Waals surface area (Å²) in [7, 11) is 0. The second kappa shape index (κ2) is 14.0. The second-order valence-electron chi connectivity index (χ2n) is 10.0. The Morgan fingerprint density at radius 2 is 1.74 bits per heavy atom. The minimum Gasteiger partial charge on any atom is -0.489 e. The number of carbonyl (C=O) groups is 4. The first-order chi connectivity index (χ1) is 20.2. The van der Waals surface area contributed by atoms with Crippen LogP contribution in [0.15, 0.2) is 54.6 Å². The maximum atomic E-state index is 13.1. The van der Waals surface area contributed by atoms with E-state index in [9.17, 15) is 27.6 Å². The molecule has 3 amide bonds. The number of benzene rings is 2. The molecule has 2 heterocycles. The van der Waals surface area contributed by atoms with E-state index >= 15 is 0 Å². The van der Waals surface area contributed by atoms with Gasteiger partial charge in [0.1, 0.15) is 12.4 Å². The minimum atomic E-state index is -5.08. The van der Waals surface area contributed by atoms with Gasteiger partial charge >= 0.3 is 12.1 Å². The molecule has 0 spiro atoms. The quantitative estimate of drug-likeness (QED) is 0.235. The van der Waals surface area contributed by atoms with Gasteiger partial charge in [-0.2, -0.15) is 13.2 Å². The Balaban J connectivity index is 0.000000646. The third kappa shape index (κ3) is 9.13. The fourth-order valence-corrected chi connectivity index (χ4v) is 4.73. The number of alkyl halides is 3. The van der Waals surface area contributed by atoms with Gasteiger partial charge in [-0.1, -0.05) is 18.2 Å². The van der Waals surface area contributed by atoms with Crippen molar-refractivity contribution < 1.29 is 47.4 Å². The van der Waals surface area contributed by atoms with E-state index in [1.807, 2.05) is 37.3 Å². The number of carboxylic acids is 1. The number of para-hydroxylation sites is 1. The van der Waals surface area contributed by atoms with Gasteiger partial charge in [0.15, 0.2) is 0 Å². The zero-order chi connectivity index (χ0) is 31.8. The lowest BCUT2D eigenvalue weighted by Gasteiger charge is -2.42. The number of pyridine rings is 1. The number of rotatable bonds is 7. The highest BCUT2D eigenvalue weighted by molar-refractivity contribution is 5.95. The van der Waals surface area contributed by atoms with Crippen LogP contribution in [0.2, 0.25) is 0 Å². The van der Waals surface area contributed by atoms with Crippen molar-refractivity contribution in [2.24, 2.45) is 0 Å². The number of amides is 3. The van der Waals surface area contributed by atoms with E-state index in [1.165, 1.54) is 6.92 Å². The summed E-state index contributed by atoms with van der Waals surface area (Å²) in [6, 6.07) is 16.7. The number of hydroxylamine groups is 1. The van der Waals surface area contributed by atoms with Crippen molar-refractivity contribution in [2.45, 2.75) is 51.4 Å². The van der Waals surface area contributed by atoms with Crippen molar-refractivity contribution in [1.82, 2.24) is 20.7 Å². The van der Waals surface area contributed by atoms with E-state index in [2.05, 4.69) is 10.3 Å². The van der Waals surface area contributed by atoms with E-state index in [-0.39, 0.29) is 24.8 Å². The Hall–Kier alpha value is -4.72. The van der Waals surface area contributed by atoms with Gasteiger partial charge in [-0.3, -0.25) is 24.6 Å². The molecule has 0 bridgehead atoms. The summed E-state index contributed by atoms with van der Waals surface area (Å²) in [5.74, 6) is -3.26. The number of carboxylic acid groups (broad SMARTS) is 1. The predicted molar refractivity (Wildman–Crippen MR) is 147 cm³/mol. The largest absolute Gasteiger partial charge is 0.490 e. The number of hydrogen-bond donors (Lipinski definition) is 4. The van der Waals surface area contributed by atoms with Crippen LogP contribution < -0.4 is 15.5 Å². The molecule has 4 rings (SSSR count). The van der Waals surface area contributed by atoms with Gasteiger partial charge in [-0.05, 0) is 56.2 Å². The number of likely N-dealkylation sites (tertiary alicyclic amines) is 1. The molecule has 1 saturated heterocycles. The number of hydrogen-bond acceptors (Lipinski definition) is 7. The van der Waals surface area contributed by atoms with Crippen molar-refractivity contribution >= 4 is 34.6 Å². The molecular weight excluding hydrogens is 573 g/mol. The molecule has 14 heteroatoms. The Kier molecular flexibility index (Phi) is 10.6. The summed E-state index contributed by atoms with van der Waals surface area (Å²) < 4.78 is 37.7. The maximum absolute atomic E-state index is 13.1. The maximum Gasteiger partial charge on any atom is 0.490 e. The molecule has 2 aromatic carbocycles. The summed E-state index contributed by atoms with van der Waals surface area (Å²) in [5.41, 5.74) is 3.91. The smallest absolute Gasteiger partial charge is 0.489 e. The van der Waals surface area contributed by atoms with Gasteiger partial charge in [0.05, 0.1) is 17.5 Å². The van der Waals surface area contributed by atoms with Crippen molar-refractivity contribution in [3.8, 4) is 5.75 Å². The first-order valence-corrected chi connectivity index (χ1v) is 13.1. The monoisotopic (exact) mass is 604 g/mol. The lowest BCUT2D eigenvalue weighted by molar-refractivity contribution is -0.192. The van der Waals surface area contributed by atoms with E-state index < -0.39 is 23.6 Å². The summed E-state index contributed by atoms with van der Waals surface area (Å²) in [5, 5.41) is 20.1. The molecule has 1 unspecified atom stereocenters. The van der Waals surface area contributed by atoms with E-state index in [1.54, 1.807) is 34.6 Å². The van der Waals surface area contributed by atoms with E-state index in [4.69, 9.17) is 19.8 Å². The molecule has 1 aromatic heterocycles. The lowest BCUT2D eigenvalue weighted by Crippen LogP contribution is -2.61. The van der Waals surface area contributed by atoms with E-state index in [0.717, 1.165) is 22.2 Å². The SMILES string of the molecule is CC(=O)N1CCCC(CC(=O)NO)(NC(=O)c2ccc(OCc3cc(C)nc4ccccc34)cc2)C1.O=C(O)C(F)(F)F. The Labute approximate surface area is 244 Å². The predicted octanol–water partition coefficient (Wildman–Crippen LogP) is 3.76. The van der Waals surface area contributed by atoms with E-state index in [0.29, 0.717) is 37.3 Å². The van der Waals surface area contributed by atoms with Crippen molar-refractivity contribution in [3.63, 3.8) is 0 Å². The van der Waals surface area contributed by atoms with Gasteiger partial charge in [0.25, 0.3) is 5.91 Å². The van der Waals surface area contributed by atoms with Gasteiger partial charge in [0.2, 0.25) is 11.8 Å². The number of nitrogens with one attached hydrogen (secondary N) is 2. The van der Waals surface area contributed by atoms with Gasteiger partial charge < -0.3 is 20.1 Å². The number of fused-ring (bicyclic) bond motifs is 1.